The number of aromatic nitrogens is 3. The standard InChI is InChI=1S/C10H11N5OS/c1-6-4-12-8(16-6)5-13-10-7(9(11)17)2-3-14-15-10/h2-4H,5H2,1H3,(H2,11,17)(H,13,15). The number of thiocarbonyl (C=S) groups is 1. The third-order valence-corrected chi connectivity index (χ3v) is 2.28. The van der Waals surface area contributed by atoms with E-state index in [-0.39, 0.29) is 4.99 Å². The Balaban J connectivity index is 2.11. The summed E-state index contributed by atoms with van der Waals surface area (Å²) in [6, 6.07) is 1.71. The van der Waals surface area contributed by atoms with Gasteiger partial charge in [0.15, 0.2) is 5.82 Å². The lowest BCUT2D eigenvalue weighted by atomic mass is 10.3. The van der Waals surface area contributed by atoms with Gasteiger partial charge in [0, 0.05) is 0 Å². The summed E-state index contributed by atoms with van der Waals surface area (Å²) in [5.41, 5.74) is 6.22. The maximum atomic E-state index is 5.57. The second-order valence-electron chi connectivity index (χ2n) is 3.38. The SMILES string of the molecule is Cc1cnc(CNc2nnccc2C(N)=S)o1. The van der Waals surface area contributed by atoms with Gasteiger partial charge >= 0.3 is 0 Å². The summed E-state index contributed by atoms with van der Waals surface area (Å²) >= 11 is 4.92. The summed E-state index contributed by atoms with van der Waals surface area (Å²) in [5, 5.41) is 10.7. The van der Waals surface area contributed by atoms with Crippen molar-refractivity contribution in [3.8, 4) is 0 Å². The molecule has 88 valence electrons. The Morgan fingerprint density at radius 3 is 3.06 bits per heavy atom. The van der Waals surface area contributed by atoms with Crippen molar-refractivity contribution in [2.75, 3.05) is 5.32 Å². The molecule has 0 aliphatic carbocycles. The van der Waals surface area contributed by atoms with E-state index >= 15 is 0 Å². The molecular weight excluding hydrogens is 238 g/mol. The second-order valence-corrected chi connectivity index (χ2v) is 3.82. The molecule has 0 saturated carbocycles. The van der Waals surface area contributed by atoms with Gasteiger partial charge in [-0.15, -0.1) is 5.10 Å². The number of aryl methyl sites for hydroxylation is 1. The fourth-order valence-corrected chi connectivity index (χ4v) is 1.47. The van der Waals surface area contributed by atoms with Crippen molar-refractivity contribution in [1.29, 1.82) is 0 Å². The van der Waals surface area contributed by atoms with E-state index in [1.807, 2.05) is 6.92 Å². The molecule has 0 unspecified atom stereocenters. The van der Waals surface area contributed by atoms with Crippen molar-refractivity contribution in [1.82, 2.24) is 15.2 Å². The van der Waals surface area contributed by atoms with Gasteiger partial charge in [0.05, 0.1) is 24.5 Å². The molecule has 0 spiro atoms. The number of hydrogen-bond donors (Lipinski definition) is 2. The van der Waals surface area contributed by atoms with E-state index < -0.39 is 0 Å². The van der Waals surface area contributed by atoms with Gasteiger partial charge in [-0.1, -0.05) is 12.2 Å². The Morgan fingerprint density at radius 2 is 2.41 bits per heavy atom. The van der Waals surface area contributed by atoms with Crippen LogP contribution in [0, 0.1) is 6.92 Å². The molecule has 2 aromatic rings. The Bertz CT molecular complexity index is 539. The first-order chi connectivity index (χ1) is 8.16. The molecule has 0 aromatic carbocycles. The largest absolute Gasteiger partial charge is 0.444 e. The lowest BCUT2D eigenvalue weighted by Gasteiger charge is -2.06. The van der Waals surface area contributed by atoms with Crippen LogP contribution in [0.15, 0.2) is 22.9 Å². The van der Waals surface area contributed by atoms with Crippen molar-refractivity contribution in [2.45, 2.75) is 13.5 Å². The summed E-state index contributed by atoms with van der Waals surface area (Å²) < 4.78 is 5.32. The number of oxazole rings is 1. The minimum absolute atomic E-state index is 0.269. The van der Waals surface area contributed by atoms with Crippen LogP contribution in [0.4, 0.5) is 5.82 Å². The molecule has 2 rings (SSSR count). The topological polar surface area (TPSA) is 89.9 Å². The molecule has 0 fully saturated rings. The van der Waals surface area contributed by atoms with Gasteiger partial charge < -0.3 is 15.5 Å². The van der Waals surface area contributed by atoms with Crippen LogP contribution in [0.3, 0.4) is 0 Å². The summed E-state index contributed by atoms with van der Waals surface area (Å²) in [6.45, 7) is 2.24. The smallest absolute Gasteiger partial charge is 0.213 e. The van der Waals surface area contributed by atoms with Gasteiger partial charge in [-0.25, -0.2) is 4.98 Å². The van der Waals surface area contributed by atoms with Crippen LogP contribution in [0.5, 0.6) is 0 Å². The Labute approximate surface area is 103 Å². The molecule has 0 atom stereocenters. The van der Waals surface area contributed by atoms with Gasteiger partial charge in [0.2, 0.25) is 5.89 Å². The van der Waals surface area contributed by atoms with E-state index in [2.05, 4.69) is 20.5 Å². The van der Waals surface area contributed by atoms with E-state index in [4.69, 9.17) is 22.4 Å². The van der Waals surface area contributed by atoms with Crippen LogP contribution in [0.1, 0.15) is 17.2 Å². The normalized spacial score (nSPS) is 10.2. The molecule has 7 heteroatoms. The lowest BCUT2D eigenvalue weighted by Crippen LogP contribution is -2.15. The summed E-state index contributed by atoms with van der Waals surface area (Å²) in [7, 11) is 0. The highest BCUT2D eigenvalue weighted by molar-refractivity contribution is 7.80. The minimum atomic E-state index is 0.269. The Morgan fingerprint density at radius 1 is 1.59 bits per heavy atom. The molecule has 0 aliphatic heterocycles. The molecule has 6 nitrogen and oxygen atoms in total. The van der Waals surface area contributed by atoms with E-state index in [0.717, 1.165) is 5.76 Å². The quantitative estimate of drug-likeness (QED) is 0.782. The van der Waals surface area contributed by atoms with Gasteiger partial charge in [0.1, 0.15) is 10.7 Å². The number of nitrogens with zero attached hydrogens (tertiary/aromatic N) is 3. The van der Waals surface area contributed by atoms with Gasteiger partial charge in [-0.2, -0.15) is 5.10 Å². The van der Waals surface area contributed by atoms with E-state index in [1.54, 1.807) is 12.3 Å². The van der Waals surface area contributed by atoms with Crippen molar-refractivity contribution in [3.63, 3.8) is 0 Å². The van der Waals surface area contributed by atoms with E-state index in [9.17, 15) is 0 Å². The van der Waals surface area contributed by atoms with Crippen molar-refractivity contribution in [3.05, 3.63) is 35.7 Å². The van der Waals surface area contributed by atoms with Crippen molar-refractivity contribution in [2.24, 2.45) is 5.73 Å². The first-order valence-corrected chi connectivity index (χ1v) is 5.34. The van der Waals surface area contributed by atoms with E-state index in [1.165, 1.54) is 6.20 Å². The van der Waals surface area contributed by atoms with Gasteiger partial charge in [0.25, 0.3) is 0 Å². The molecule has 3 N–H and O–H groups in total. The highest BCUT2D eigenvalue weighted by Crippen LogP contribution is 2.11. The molecule has 2 heterocycles. The number of nitrogens with one attached hydrogen (secondary N) is 1. The number of nitrogens with two attached hydrogens (primary N) is 1. The first kappa shape index (κ1) is 11.5. The molecule has 17 heavy (non-hydrogen) atoms. The van der Waals surface area contributed by atoms with Crippen LogP contribution in [0.2, 0.25) is 0 Å². The highest BCUT2D eigenvalue weighted by atomic mass is 32.1. The third kappa shape index (κ3) is 2.76. The number of hydrogen-bond acceptors (Lipinski definition) is 6. The molecular formula is C10H11N5OS. The van der Waals surface area contributed by atoms with Crippen LogP contribution in [0.25, 0.3) is 0 Å². The minimum Gasteiger partial charge on any atom is -0.444 e. The number of anilines is 1. The van der Waals surface area contributed by atoms with Crippen LogP contribution in [-0.2, 0) is 6.54 Å². The fraction of sp³-hybridized carbons (Fsp3) is 0.200. The van der Waals surface area contributed by atoms with Crippen LogP contribution < -0.4 is 11.1 Å². The van der Waals surface area contributed by atoms with E-state index in [0.29, 0.717) is 23.8 Å². The zero-order valence-corrected chi connectivity index (χ0v) is 9.99. The fourth-order valence-electron chi connectivity index (χ4n) is 1.30. The lowest BCUT2D eigenvalue weighted by molar-refractivity contribution is 0.478. The summed E-state index contributed by atoms with van der Waals surface area (Å²) in [5.74, 6) is 1.86. The molecule has 2 aromatic heterocycles. The molecule has 0 amide bonds. The zero-order valence-electron chi connectivity index (χ0n) is 9.17. The van der Waals surface area contributed by atoms with Crippen molar-refractivity contribution < 1.29 is 4.42 Å². The Hall–Kier alpha value is -2.02. The monoisotopic (exact) mass is 249 g/mol. The Kier molecular flexibility index (Phi) is 3.29. The van der Waals surface area contributed by atoms with Crippen LogP contribution >= 0.6 is 12.2 Å². The van der Waals surface area contributed by atoms with Crippen LogP contribution in [-0.4, -0.2) is 20.2 Å². The average Bonchev–Trinajstić information content (AvgIpc) is 2.73. The predicted molar refractivity (Wildman–Crippen MR) is 66.5 cm³/mol. The highest BCUT2D eigenvalue weighted by Gasteiger charge is 2.07. The summed E-state index contributed by atoms with van der Waals surface area (Å²) in [6.07, 6.45) is 3.19. The second kappa shape index (κ2) is 4.88. The maximum Gasteiger partial charge on any atom is 0.213 e. The molecule has 0 saturated heterocycles. The van der Waals surface area contributed by atoms with Gasteiger partial charge in [-0.05, 0) is 13.0 Å². The molecule has 0 bridgehead atoms. The molecule has 0 aliphatic rings. The van der Waals surface area contributed by atoms with Crippen molar-refractivity contribution >= 4 is 23.0 Å². The maximum absolute atomic E-state index is 5.57. The average molecular weight is 249 g/mol. The molecule has 0 radical (unpaired) electrons. The number of rotatable bonds is 4. The predicted octanol–water partition coefficient (Wildman–Crippen LogP) is 1.02. The zero-order chi connectivity index (χ0) is 12.3. The summed E-state index contributed by atoms with van der Waals surface area (Å²) in [4.78, 5) is 4.33. The third-order valence-electron chi connectivity index (χ3n) is 2.06. The van der Waals surface area contributed by atoms with Gasteiger partial charge in [-0.3, -0.25) is 0 Å². The first-order valence-electron chi connectivity index (χ1n) is 4.93.